The van der Waals surface area contributed by atoms with Crippen molar-refractivity contribution in [2.75, 3.05) is 13.1 Å². The van der Waals surface area contributed by atoms with Crippen LogP contribution >= 0.6 is 0 Å². The Balaban J connectivity index is 1.78. The fourth-order valence-corrected chi connectivity index (χ4v) is 3.55. The van der Waals surface area contributed by atoms with Crippen molar-refractivity contribution in [1.29, 1.82) is 0 Å². The lowest BCUT2D eigenvalue weighted by atomic mass is 9.90. The Bertz CT molecular complexity index is 993. The second kappa shape index (κ2) is 6.08. The summed E-state index contributed by atoms with van der Waals surface area (Å²) in [4.78, 5) is 11.9. The second-order valence-corrected chi connectivity index (χ2v) is 6.75. The molecule has 0 bridgehead atoms. The smallest absolute Gasteiger partial charge is 0.343 e. The van der Waals surface area contributed by atoms with Crippen molar-refractivity contribution in [1.82, 2.24) is 5.32 Å². The number of piperidine rings is 1. The third kappa shape index (κ3) is 2.74. The Hall–Kier alpha value is -2.53. The normalized spacial score (nSPS) is 15.8. The summed E-state index contributed by atoms with van der Waals surface area (Å²) in [5.41, 5.74) is 2.23. The van der Waals surface area contributed by atoms with E-state index in [1.54, 1.807) is 13.8 Å². The van der Waals surface area contributed by atoms with Gasteiger partial charge in [-0.1, -0.05) is 6.07 Å². The van der Waals surface area contributed by atoms with E-state index < -0.39 is 5.63 Å². The van der Waals surface area contributed by atoms with Crippen molar-refractivity contribution < 1.29 is 13.9 Å². The molecule has 1 fully saturated rings. The lowest BCUT2D eigenvalue weighted by molar-refractivity contribution is 0.433. The molecule has 1 aliphatic rings. The second-order valence-electron chi connectivity index (χ2n) is 6.75. The SMILES string of the molecule is Cc1c(-c2cc3cc(C4CCNCC4)ccc3o2)oc(=O)c(C)c1O. The van der Waals surface area contributed by atoms with Gasteiger partial charge in [-0.25, -0.2) is 4.79 Å². The first-order valence-corrected chi connectivity index (χ1v) is 8.62. The minimum absolute atomic E-state index is 0.0397. The van der Waals surface area contributed by atoms with Gasteiger partial charge in [0.05, 0.1) is 5.56 Å². The molecule has 0 radical (unpaired) electrons. The van der Waals surface area contributed by atoms with E-state index in [1.165, 1.54) is 5.56 Å². The largest absolute Gasteiger partial charge is 0.507 e. The molecular formula is C20H21NO4. The standard InChI is InChI=1S/C20H21NO4/c1-11-18(22)12(2)20(23)25-19(11)17-10-15-9-14(3-4-16(15)24-17)13-5-7-21-8-6-13/h3-4,9-10,13,21-22H,5-8H2,1-2H3. The highest BCUT2D eigenvalue weighted by molar-refractivity contribution is 5.83. The van der Waals surface area contributed by atoms with Crippen LogP contribution in [0.2, 0.25) is 0 Å². The summed E-state index contributed by atoms with van der Waals surface area (Å²) in [6.45, 7) is 5.36. The third-order valence-electron chi connectivity index (χ3n) is 5.13. The number of hydrogen-bond donors (Lipinski definition) is 2. The maximum absolute atomic E-state index is 11.9. The number of hydrogen-bond acceptors (Lipinski definition) is 5. The van der Waals surface area contributed by atoms with Crippen LogP contribution in [0.3, 0.4) is 0 Å². The van der Waals surface area contributed by atoms with E-state index in [2.05, 4.69) is 17.4 Å². The maximum atomic E-state index is 11.9. The van der Waals surface area contributed by atoms with Crippen molar-refractivity contribution >= 4 is 11.0 Å². The van der Waals surface area contributed by atoms with Crippen LogP contribution in [-0.2, 0) is 0 Å². The molecule has 0 amide bonds. The molecule has 0 atom stereocenters. The number of fused-ring (bicyclic) bond motifs is 1. The van der Waals surface area contributed by atoms with Crippen LogP contribution in [-0.4, -0.2) is 18.2 Å². The zero-order valence-corrected chi connectivity index (χ0v) is 14.4. The molecule has 0 spiro atoms. The van der Waals surface area contributed by atoms with E-state index in [9.17, 15) is 9.90 Å². The van der Waals surface area contributed by atoms with Crippen LogP contribution in [0.1, 0.15) is 35.4 Å². The first-order valence-electron chi connectivity index (χ1n) is 8.62. The average molecular weight is 339 g/mol. The highest BCUT2D eigenvalue weighted by Gasteiger charge is 2.20. The Morgan fingerprint density at radius 1 is 1.08 bits per heavy atom. The van der Waals surface area contributed by atoms with Crippen LogP contribution in [0.15, 0.2) is 37.9 Å². The zero-order chi connectivity index (χ0) is 17.6. The van der Waals surface area contributed by atoms with E-state index in [4.69, 9.17) is 8.83 Å². The first-order chi connectivity index (χ1) is 12.0. The van der Waals surface area contributed by atoms with Gasteiger partial charge in [0, 0.05) is 10.9 Å². The molecule has 5 nitrogen and oxygen atoms in total. The average Bonchev–Trinajstić information content (AvgIpc) is 3.06. The Morgan fingerprint density at radius 2 is 1.84 bits per heavy atom. The molecule has 0 saturated carbocycles. The van der Waals surface area contributed by atoms with E-state index in [1.807, 2.05) is 12.1 Å². The number of rotatable bonds is 2. The summed E-state index contributed by atoms with van der Waals surface area (Å²) in [6.07, 6.45) is 2.27. The van der Waals surface area contributed by atoms with Gasteiger partial charge in [-0.15, -0.1) is 0 Å². The van der Waals surface area contributed by atoms with Crippen LogP contribution < -0.4 is 10.9 Å². The predicted octanol–water partition coefficient (Wildman–Crippen LogP) is 3.84. The highest BCUT2D eigenvalue weighted by atomic mass is 16.4. The molecule has 2 N–H and O–H groups in total. The number of nitrogens with one attached hydrogen (secondary N) is 1. The fourth-order valence-electron chi connectivity index (χ4n) is 3.55. The highest BCUT2D eigenvalue weighted by Crippen LogP contribution is 2.35. The van der Waals surface area contributed by atoms with Gasteiger partial charge in [0.25, 0.3) is 0 Å². The Kier molecular flexibility index (Phi) is 3.88. The van der Waals surface area contributed by atoms with E-state index in [-0.39, 0.29) is 17.1 Å². The molecule has 130 valence electrons. The molecule has 1 aromatic carbocycles. The van der Waals surface area contributed by atoms with Crippen LogP contribution in [0.4, 0.5) is 0 Å². The van der Waals surface area contributed by atoms with E-state index in [0.29, 0.717) is 17.2 Å². The summed E-state index contributed by atoms with van der Waals surface area (Å²) in [5, 5.41) is 14.5. The van der Waals surface area contributed by atoms with Gasteiger partial charge in [-0.2, -0.15) is 0 Å². The quantitative estimate of drug-likeness (QED) is 0.742. The fraction of sp³-hybridized carbons (Fsp3) is 0.350. The van der Waals surface area contributed by atoms with Crippen molar-refractivity contribution in [2.45, 2.75) is 32.6 Å². The molecule has 1 saturated heterocycles. The molecule has 25 heavy (non-hydrogen) atoms. The first kappa shape index (κ1) is 16.0. The molecule has 1 aliphatic heterocycles. The van der Waals surface area contributed by atoms with Crippen molar-refractivity contribution in [3.05, 3.63) is 51.4 Å². The van der Waals surface area contributed by atoms with Crippen molar-refractivity contribution in [3.8, 4) is 17.3 Å². The van der Waals surface area contributed by atoms with Gasteiger partial charge in [0.1, 0.15) is 11.3 Å². The zero-order valence-electron chi connectivity index (χ0n) is 14.4. The molecular weight excluding hydrogens is 318 g/mol. The summed E-state index contributed by atoms with van der Waals surface area (Å²) in [6, 6.07) is 8.11. The number of furan rings is 1. The topological polar surface area (TPSA) is 75.6 Å². The van der Waals surface area contributed by atoms with Gasteiger partial charge in [0.2, 0.25) is 0 Å². The molecule has 3 heterocycles. The summed E-state index contributed by atoms with van der Waals surface area (Å²) < 4.78 is 11.2. The minimum Gasteiger partial charge on any atom is -0.507 e. The molecule has 2 aromatic heterocycles. The van der Waals surface area contributed by atoms with Crippen LogP contribution in [0.25, 0.3) is 22.5 Å². The molecule has 0 aliphatic carbocycles. The lowest BCUT2D eigenvalue weighted by Gasteiger charge is -2.22. The summed E-state index contributed by atoms with van der Waals surface area (Å²) in [5.74, 6) is 1.27. The van der Waals surface area contributed by atoms with Crippen molar-refractivity contribution in [3.63, 3.8) is 0 Å². The predicted molar refractivity (Wildman–Crippen MR) is 96.2 cm³/mol. The molecule has 5 heteroatoms. The van der Waals surface area contributed by atoms with Gasteiger partial charge in [-0.3, -0.25) is 0 Å². The number of aromatic hydroxyl groups is 1. The van der Waals surface area contributed by atoms with Crippen LogP contribution in [0, 0.1) is 13.8 Å². The molecule has 0 unspecified atom stereocenters. The van der Waals surface area contributed by atoms with E-state index >= 15 is 0 Å². The van der Waals surface area contributed by atoms with Crippen LogP contribution in [0.5, 0.6) is 5.75 Å². The Morgan fingerprint density at radius 3 is 2.60 bits per heavy atom. The lowest BCUT2D eigenvalue weighted by Crippen LogP contribution is -2.26. The maximum Gasteiger partial charge on any atom is 0.343 e. The molecule has 4 rings (SSSR count). The van der Waals surface area contributed by atoms with Gasteiger partial charge < -0.3 is 19.3 Å². The Labute approximate surface area is 145 Å². The minimum atomic E-state index is -0.547. The van der Waals surface area contributed by atoms with Gasteiger partial charge >= 0.3 is 5.63 Å². The third-order valence-corrected chi connectivity index (χ3v) is 5.13. The summed E-state index contributed by atoms with van der Waals surface area (Å²) in [7, 11) is 0. The monoisotopic (exact) mass is 339 g/mol. The van der Waals surface area contributed by atoms with Crippen molar-refractivity contribution in [2.24, 2.45) is 0 Å². The van der Waals surface area contributed by atoms with Gasteiger partial charge in [0.15, 0.2) is 11.5 Å². The van der Waals surface area contributed by atoms with E-state index in [0.717, 1.165) is 36.9 Å². The summed E-state index contributed by atoms with van der Waals surface area (Å²) >= 11 is 0. The molecule has 3 aromatic rings. The van der Waals surface area contributed by atoms with Gasteiger partial charge in [-0.05, 0) is 69.5 Å². The number of benzene rings is 1.